The number of hydrogen-bond acceptors (Lipinski definition) is 1. The summed E-state index contributed by atoms with van der Waals surface area (Å²) in [7, 11) is 0. The maximum absolute atomic E-state index is 13.8. The normalized spacial score (nSPS) is 12.5. The highest BCUT2D eigenvalue weighted by molar-refractivity contribution is 5.46. The first-order chi connectivity index (χ1) is 9.82. The molecule has 0 amide bonds. The van der Waals surface area contributed by atoms with Crippen molar-refractivity contribution >= 4 is 0 Å². The molecule has 0 aromatic heterocycles. The highest BCUT2D eigenvalue weighted by atomic mass is 19.1. The third-order valence-electron chi connectivity index (χ3n) is 4.28. The van der Waals surface area contributed by atoms with Crippen molar-refractivity contribution in [2.75, 3.05) is 0 Å². The van der Waals surface area contributed by atoms with Gasteiger partial charge in [-0.15, -0.1) is 0 Å². The van der Waals surface area contributed by atoms with E-state index in [0.717, 1.165) is 27.8 Å². The Hall–Kier alpha value is -1.74. The summed E-state index contributed by atoms with van der Waals surface area (Å²) in [5, 5.41) is 0. The van der Waals surface area contributed by atoms with E-state index in [1.165, 1.54) is 18.2 Å². The molecule has 1 atom stereocenters. The topological polar surface area (TPSA) is 26.0 Å². The third kappa shape index (κ3) is 2.98. The molecule has 1 unspecified atom stereocenters. The monoisotopic (exact) mass is 289 g/mol. The highest BCUT2D eigenvalue weighted by Crippen LogP contribution is 2.29. The Morgan fingerprint density at radius 1 is 0.952 bits per heavy atom. The maximum atomic E-state index is 13.8. The van der Waals surface area contributed by atoms with E-state index in [1.807, 2.05) is 27.7 Å². The average Bonchev–Trinajstić information content (AvgIpc) is 2.41. The molecule has 2 N–H and O–H groups in total. The lowest BCUT2D eigenvalue weighted by molar-refractivity contribution is 0.539. The number of nitrogens with two attached hydrogens (primary N) is 1. The Balaban J connectivity index is 2.44. The summed E-state index contributed by atoms with van der Waals surface area (Å²) in [5.41, 5.74) is 11.8. The van der Waals surface area contributed by atoms with Crippen LogP contribution in [0, 0.1) is 39.3 Å². The van der Waals surface area contributed by atoms with Crippen molar-refractivity contribution in [3.8, 4) is 0 Å². The van der Waals surface area contributed by atoms with Gasteiger partial charge in [0.2, 0.25) is 0 Å². The van der Waals surface area contributed by atoms with Crippen molar-refractivity contribution in [3.63, 3.8) is 0 Å². The molecule has 0 saturated carbocycles. The molecular formula is C18H21F2N. The van der Waals surface area contributed by atoms with Gasteiger partial charge in [0.1, 0.15) is 11.6 Å². The zero-order chi connectivity index (χ0) is 15.7. The van der Waals surface area contributed by atoms with Gasteiger partial charge in [0.05, 0.1) is 0 Å². The van der Waals surface area contributed by atoms with Crippen LogP contribution < -0.4 is 5.73 Å². The molecule has 0 aliphatic rings. The van der Waals surface area contributed by atoms with Gasteiger partial charge >= 0.3 is 0 Å². The number of aryl methyl sites for hydroxylation is 2. The van der Waals surface area contributed by atoms with Gasteiger partial charge in [-0.2, -0.15) is 0 Å². The molecule has 0 aliphatic carbocycles. The van der Waals surface area contributed by atoms with Gasteiger partial charge in [0, 0.05) is 11.6 Å². The first kappa shape index (κ1) is 15.6. The predicted molar refractivity (Wildman–Crippen MR) is 82.4 cm³/mol. The summed E-state index contributed by atoms with van der Waals surface area (Å²) in [5.74, 6) is -1.07. The number of benzene rings is 2. The molecule has 2 aromatic carbocycles. The van der Waals surface area contributed by atoms with E-state index in [1.54, 1.807) is 0 Å². The largest absolute Gasteiger partial charge is 0.324 e. The van der Waals surface area contributed by atoms with E-state index in [-0.39, 0.29) is 12.0 Å². The van der Waals surface area contributed by atoms with Crippen LogP contribution in [0.15, 0.2) is 24.3 Å². The van der Waals surface area contributed by atoms with Crippen molar-refractivity contribution < 1.29 is 8.78 Å². The van der Waals surface area contributed by atoms with Gasteiger partial charge in [-0.05, 0) is 74.1 Å². The van der Waals surface area contributed by atoms with Crippen LogP contribution in [-0.4, -0.2) is 0 Å². The van der Waals surface area contributed by atoms with Crippen LogP contribution in [0.5, 0.6) is 0 Å². The van der Waals surface area contributed by atoms with Crippen LogP contribution in [0.25, 0.3) is 0 Å². The summed E-state index contributed by atoms with van der Waals surface area (Å²) in [6.07, 6.45) is 0.156. The van der Waals surface area contributed by atoms with Crippen LogP contribution in [0.3, 0.4) is 0 Å². The molecule has 3 heteroatoms. The lowest BCUT2D eigenvalue weighted by Gasteiger charge is -2.21. The van der Waals surface area contributed by atoms with Crippen LogP contribution >= 0.6 is 0 Å². The van der Waals surface area contributed by atoms with E-state index in [2.05, 4.69) is 6.07 Å². The van der Waals surface area contributed by atoms with E-state index >= 15 is 0 Å². The highest BCUT2D eigenvalue weighted by Gasteiger charge is 2.19. The molecule has 1 nitrogen and oxygen atoms in total. The second-order valence-corrected chi connectivity index (χ2v) is 5.68. The fraction of sp³-hybridized carbons (Fsp3) is 0.333. The molecule has 112 valence electrons. The van der Waals surface area contributed by atoms with Crippen molar-refractivity contribution in [2.24, 2.45) is 5.73 Å². The Morgan fingerprint density at radius 2 is 1.43 bits per heavy atom. The van der Waals surface area contributed by atoms with Crippen molar-refractivity contribution in [1.29, 1.82) is 0 Å². The van der Waals surface area contributed by atoms with Crippen molar-refractivity contribution in [3.05, 3.63) is 69.3 Å². The van der Waals surface area contributed by atoms with Gasteiger partial charge in [-0.25, -0.2) is 8.78 Å². The molecule has 0 spiro atoms. The SMILES string of the molecule is Cc1cc(C)c(C)c(C(N)Cc2c(F)cccc2F)c1C. The van der Waals surface area contributed by atoms with E-state index < -0.39 is 17.7 Å². The molecule has 0 radical (unpaired) electrons. The van der Waals surface area contributed by atoms with Crippen molar-refractivity contribution in [2.45, 2.75) is 40.2 Å². The second kappa shape index (κ2) is 5.94. The Kier molecular flexibility index (Phi) is 4.43. The summed E-state index contributed by atoms with van der Waals surface area (Å²) in [6.45, 7) is 8.08. The van der Waals surface area contributed by atoms with E-state index in [0.29, 0.717) is 0 Å². The molecule has 0 heterocycles. The van der Waals surface area contributed by atoms with E-state index in [9.17, 15) is 8.78 Å². The van der Waals surface area contributed by atoms with Gasteiger partial charge in [-0.1, -0.05) is 12.1 Å². The molecule has 0 fully saturated rings. The van der Waals surface area contributed by atoms with Gasteiger partial charge in [-0.3, -0.25) is 0 Å². The van der Waals surface area contributed by atoms with Gasteiger partial charge in [0.15, 0.2) is 0 Å². The van der Waals surface area contributed by atoms with Crippen molar-refractivity contribution in [1.82, 2.24) is 0 Å². The minimum absolute atomic E-state index is 0.0583. The van der Waals surface area contributed by atoms with Crippen LogP contribution in [-0.2, 0) is 6.42 Å². The first-order valence-electron chi connectivity index (χ1n) is 7.08. The molecule has 0 saturated heterocycles. The summed E-state index contributed by atoms with van der Waals surface area (Å²) in [4.78, 5) is 0. The van der Waals surface area contributed by atoms with Crippen LogP contribution in [0.4, 0.5) is 8.78 Å². The molecule has 0 bridgehead atoms. The van der Waals surface area contributed by atoms with Gasteiger partial charge in [0.25, 0.3) is 0 Å². The first-order valence-corrected chi connectivity index (χ1v) is 7.08. The maximum Gasteiger partial charge on any atom is 0.129 e. The minimum atomic E-state index is -0.537. The standard InChI is InChI=1S/C18H21F2N/c1-10-8-11(2)13(4)18(12(10)3)17(21)9-14-15(19)6-5-7-16(14)20/h5-8,17H,9,21H2,1-4H3. The van der Waals surface area contributed by atoms with E-state index in [4.69, 9.17) is 5.73 Å². The zero-order valence-electron chi connectivity index (χ0n) is 12.9. The smallest absolute Gasteiger partial charge is 0.129 e. The average molecular weight is 289 g/mol. The molecule has 21 heavy (non-hydrogen) atoms. The quantitative estimate of drug-likeness (QED) is 0.888. The number of rotatable bonds is 3. The molecule has 2 rings (SSSR count). The Labute approximate surface area is 124 Å². The number of halogens is 2. The molecule has 0 aliphatic heterocycles. The fourth-order valence-corrected chi connectivity index (χ4v) is 2.85. The van der Waals surface area contributed by atoms with Crippen LogP contribution in [0.2, 0.25) is 0 Å². The van der Waals surface area contributed by atoms with Gasteiger partial charge < -0.3 is 5.73 Å². The summed E-state index contributed by atoms with van der Waals surface area (Å²) in [6, 6.07) is 5.60. The zero-order valence-corrected chi connectivity index (χ0v) is 12.9. The Bertz CT molecular complexity index is 631. The lowest BCUT2D eigenvalue weighted by atomic mass is 9.87. The Morgan fingerprint density at radius 3 is 1.90 bits per heavy atom. The lowest BCUT2D eigenvalue weighted by Crippen LogP contribution is -2.18. The fourth-order valence-electron chi connectivity index (χ4n) is 2.85. The minimum Gasteiger partial charge on any atom is -0.324 e. The summed E-state index contributed by atoms with van der Waals surface area (Å²) >= 11 is 0. The van der Waals surface area contributed by atoms with Crippen LogP contribution in [0.1, 0.15) is 39.4 Å². The summed E-state index contributed by atoms with van der Waals surface area (Å²) < 4.78 is 27.6. The molecular weight excluding hydrogens is 268 g/mol. The second-order valence-electron chi connectivity index (χ2n) is 5.68. The number of hydrogen-bond donors (Lipinski definition) is 1. The predicted octanol–water partition coefficient (Wildman–Crippen LogP) is 4.44. The third-order valence-corrected chi connectivity index (χ3v) is 4.28. The molecule has 2 aromatic rings.